The number of aromatic nitrogens is 3. The van der Waals surface area contributed by atoms with Gasteiger partial charge in [0.25, 0.3) is 11.8 Å². The normalized spacial score (nSPS) is 22.1. The van der Waals surface area contributed by atoms with Gasteiger partial charge < -0.3 is 19.5 Å². The van der Waals surface area contributed by atoms with Gasteiger partial charge in [-0.3, -0.25) is 19.2 Å². The molecule has 0 bridgehead atoms. The lowest BCUT2D eigenvalue weighted by molar-refractivity contribution is -0.146. The molecule has 3 aliphatic rings. The van der Waals surface area contributed by atoms with Crippen LogP contribution in [-0.4, -0.2) is 57.7 Å². The molecule has 5 aromatic carbocycles. The van der Waals surface area contributed by atoms with Crippen LogP contribution in [0.25, 0.3) is 10.8 Å². The van der Waals surface area contributed by atoms with Crippen LogP contribution >= 0.6 is 11.6 Å². The highest BCUT2D eigenvalue weighted by Crippen LogP contribution is 2.60. The summed E-state index contributed by atoms with van der Waals surface area (Å²) in [5, 5.41) is 21.4. The molecule has 4 heterocycles. The first kappa shape index (κ1) is 36.5. The summed E-state index contributed by atoms with van der Waals surface area (Å²) in [5.41, 5.74) is 4.43. The van der Waals surface area contributed by atoms with E-state index < -0.39 is 20.0 Å². The van der Waals surface area contributed by atoms with Crippen LogP contribution in [0.2, 0.25) is 23.7 Å². The van der Waals surface area contributed by atoms with Crippen molar-refractivity contribution in [3.8, 4) is 0 Å². The summed E-state index contributed by atoms with van der Waals surface area (Å²) >= 11 is 6.66. The minimum atomic E-state index is -2.93. The Morgan fingerprint density at radius 1 is 0.929 bits per heavy atom. The van der Waals surface area contributed by atoms with Gasteiger partial charge in [-0.05, 0) is 78.5 Å². The fraction of sp³-hybridized carbons (Fsp3) is 0.273. The van der Waals surface area contributed by atoms with Crippen molar-refractivity contribution in [2.24, 2.45) is 5.92 Å². The monoisotopic (exact) mass is 783 g/mol. The maximum Gasteiger partial charge on any atom is 0.264 e. The predicted octanol–water partition coefficient (Wildman–Crippen LogP) is 7.94. The third kappa shape index (κ3) is 5.80. The van der Waals surface area contributed by atoms with Crippen LogP contribution in [0.15, 0.2) is 115 Å². The number of hydrogen-bond acceptors (Lipinski definition) is 7. The van der Waals surface area contributed by atoms with E-state index in [0.717, 1.165) is 33.3 Å². The molecule has 284 valence electrons. The number of benzene rings is 5. The average molecular weight is 784 g/mol. The lowest BCUT2D eigenvalue weighted by atomic mass is 9.82. The first-order valence-corrected chi connectivity index (χ1v) is 22.4. The Morgan fingerprint density at radius 3 is 2.46 bits per heavy atom. The van der Waals surface area contributed by atoms with Gasteiger partial charge in [-0.25, -0.2) is 0 Å². The van der Waals surface area contributed by atoms with Crippen molar-refractivity contribution < 1.29 is 24.2 Å². The van der Waals surface area contributed by atoms with Gasteiger partial charge in [-0.15, -0.1) is 5.10 Å². The number of anilines is 3. The molecule has 2 amide bonds. The van der Waals surface area contributed by atoms with Crippen molar-refractivity contribution in [1.29, 1.82) is 0 Å². The minimum Gasteiger partial charge on any atom is -0.432 e. The second-order valence-electron chi connectivity index (χ2n) is 15.7. The molecule has 1 aromatic heterocycles. The van der Waals surface area contributed by atoms with Gasteiger partial charge in [0.1, 0.15) is 0 Å². The highest BCUT2D eigenvalue weighted by atomic mass is 35.5. The molecule has 1 spiro atoms. The van der Waals surface area contributed by atoms with Crippen LogP contribution in [0.5, 0.6) is 0 Å². The number of rotatable bonds is 10. The number of aryl methyl sites for hydroxylation is 1. The molecule has 10 nitrogen and oxygen atoms in total. The quantitative estimate of drug-likeness (QED) is 0.135. The zero-order valence-corrected chi connectivity index (χ0v) is 33.1. The molecular formula is C44H42ClN5O5Si. The number of amides is 2. The zero-order valence-electron chi connectivity index (χ0n) is 31.3. The number of carbonyl (C=O) groups excluding carboxylic acids is 2. The van der Waals surface area contributed by atoms with Crippen LogP contribution < -0.4 is 9.80 Å². The highest BCUT2D eigenvalue weighted by molar-refractivity contribution is 6.71. The maximum atomic E-state index is 15.1. The second kappa shape index (κ2) is 13.8. The summed E-state index contributed by atoms with van der Waals surface area (Å²) in [6.07, 6.45) is 1.87. The molecule has 3 aliphatic heterocycles. The van der Waals surface area contributed by atoms with Crippen molar-refractivity contribution >= 4 is 59.6 Å². The van der Waals surface area contributed by atoms with Gasteiger partial charge in [0.15, 0.2) is 13.9 Å². The average Bonchev–Trinajstić information content (AvgIpc) is 3.91. The van der Waals surface area contributed by atoms with E-state index in [1.165, 1.54) is 0 Å². The molecule has 0 aliphatic carbocycles. The predicted molar refractivity (Wildman–Crippen MR) is 219 cm³/mol. The molecule has 1 saturated heterocycles. The van der Waals surface area contributed by atoms with E-state index >= 15 is 4.79 Å². The van der Waals surface area contributed by atoms with E-state index in [9.17, 15) is 14.7 Å². The summed E-state index contributed by atoms with van der Waals surface area (Å²) in [4.78, 5) is 44.2. The number of ether oxygens (including phenoxy) is 1. The molecule has 2 N–H and O–H groups in total. The zero-order chi connectivity index (χ0) is 38.9. The van der Waals surface area contributed by atoms with Crippen molar-refractivity contribution in [3.05, 3.63) is 148 Å². The molecule has 12 heteroatoms. The smallest absolute Gasteiger partial charge is 0.264 e. The Morgan fingerprint density at radius 2 is 1.70 bits per heavy atom. The second-order valence-corrected chi connectivity index (χ2v) is 20.2. The van der Waals surface area contributed by atoms with Gasteiger partial charge in [0.2, 0.25) is 0 Å². The molecule has 1 fully saturated rings. The summed E-state index contributed by atoms with van der Waals surface area (Å²) in [6, 6.07) is 34.7. The van der Waals surface area contributed by atoms with Gasteiger partial charge in [-0.1, -0.05) is 90.5 Å². The Bertz CT molecular complexity index is 2500. The van der Waals surface area contributed by atoms with E-state index in [-0.39, 0.29) is 42.3 Å². The summed E-state index contributed by atoms with van der Waals surface area (Å²) in [6.45, 7) is 6.40. The largest absolute Gasteiger partial charge is 0.432 e. The van der Waals surface area contributed by atoms with E-state index in [0.29, 0.717) is 40.5 Å². The lowest BCUT2D eigenvalue weighted by Crippen LogP contribution is -2.46. The van der Waals surface area contributed by atoms with Crippen molar-refractivity contribution in [2.75, 3.05) is 16.4 Å². The first-order chi connectivity index (χ1) is 27.0. The van der Waals surface area contributed by atoms with Crippen molar-refractivity contribution in [2.45, 2.75) is 62.7 Å². The van der Waals surface area contributed by atoms with E-state index in [2.05, 4.69) is 10.3 Å². The van der Waals surface area contributed by atoms with Crippen molar-refractivity contribution in [3.63, 3.8) is 0 Å². The number of aliphatic hydroxyl groups excluding tert-OH is 1. The van der Waals surface area contributed by atoms with E-state index in [4.69, 9.17) is 16.3 Å². The third-order valence-electron chi connectivity index (χ3n) is 12.0. The van der Waals surface area contributed by atoms with Crippen LogP contribution in [0.1, 0.15) is 52.0 Å². The van der Waals surface area contributed by atoms with Gasteiger partial charge in [0.05, 0.1) is 47.8 Å². The highest BCUT2D eigenvalue weighted by Gasteiger charge is 2.66. The number of hydrogen-bond donors (Lipinski definition) is 2. The number of nitrogens with zero attached hydrogens (tertiary/aromatic N) is 5. The first-order valence-electron chi connectivity index (χ1n) is 19.0. The molecule has 1 unspecified atom stereocenters. The van der Waals surface area contributed by atoms with Gasteiger partial charge in [0, 0.05) is 45.9 Å². The fourth-order valence-electron chi connectivity index (χ4n) is 9.52. The molecule has 9 rings (SSSR count). The molecular weight excluding hydrogens is 742 g/mol. The Balaban J connectivity index is 1.01. The summed E-state index contributed by atoms with van der Waals surface area (Å²) in [5.74, 6) is -0.968. The van der Waals surface area contributed by atoms with E-state index in [1.54, 1.807) is 20.5 Å². The Kier molecular flexibility index (Phi) is 8.98. The Hall–Kier alpha value is -5.17. The van der Waals surface area contributed by atoms with Crippen LogP contribution in [0.3, 0.4) is 0 Å². The maximum absolute atomic E-state index is 15.1. The molecule has 0 saturated carbocycles. The summed E-state index contributed by atoms with van der Waals surface area (Å²) < 4.78 is 8.79. The molecule has 56 heavy (non-hydrogen) atoms. The van der Waals surface area contributed by atoms with Crippen LogP contribution in [0, 0.1) is 5.92 Å². The standard InChI is InChI=1S/C44H42ClN5O5Si/c1-27-41(56(2,3)54)39(20-21-48-25-36(46-47-48)34(26-51)29-11-5-4-6-12-29)55-44(27)35-23-31(45)18-19-37(35)49(43(44)53)24-28-10-7-15-32(22-28)50-38-17-9-14-30-13-8-16-33(40(30)38)42(50)52/h4-19,22-23,25,27,34,39,41,51,54H,20-21,24,26H2,1-3H3/t27-,34?,39+,41-,44+/m0/s1. The van der Waals surface area contributed by atoms with Gasteiger partial charge >= 0.3 is 0 Å². The number of carbonyl (C=O) groups is 2. The molecule has 0 radical (unpaired) electrons. The van der Waals surface area contributed by atoms with Crippen LogP contribution in [-0.2, 0) is 28.2 Å². The Labute approximate surface area is 331 Å². The lowest BCUT2D eigenvalue weighted by Gasteiger charge is -2.32. The van der Waals surface area contributed by atoms with E-state index in [1.807, 2.05) is 129 Å². The SMILES string of the molecule is C[C@H]1[C@H]([Si](C)(C)O)[C@@H](CCn2cc(C(CO)c3ccccc3)nn2)O[C@]12C(=O)N(Cc1cccc(N3C(=O)c4cccc5cccc3c45)c1)c1ccc(Cl)cc12. The van der Waals surface area contributed by atoms with Crippen LogP contribution in [0.4, 0.5) is 17.1 Å². The fourth-order valence-corrected chi connectivity index (χ4v) is 12.3. The third-order valence-corrected chi connectivity index (χ3v) is 14.7. The van der Waals surface area contributed by atoms with Crippen molar-refractivity contribution in [1.82, 2.24) is 15.0 Å². The number of aliphatic hydroxyl groups is 1. The number of fused-ring (bicyclic) bond motifs is 2. The van der Waals surface area contributed by atoms with Gasteiger partial charge in [-0.2, -0.15) is 0 Å². The number of halogens is 1. The molecule has 6 aromatic rings. The summed E-state index contributed by atoms with van der Waals surface area (Å²) in [7, 11) is -2.93. The minimum absolute atomic E-state index is 0.0855. The molecule has 5 atom stereocenters. The topological polar surface area (TPSA) is 121 Å².